The Balaban J connectivity index is 1.34. The highest BCUT2D eigenvalue weighted by atomic mass is 32.1. The summed E-state index contributed by atoms with van der Waals surface area (Å²) in [6.45, 7) is 1.08. The number of ether oxygens (including phenoxy) is 2. The molecule has 1 atom stereocenters. The van der Waals surface area contributed by atoms with Gasteiger partial charge in [-0.2, -0.15) is 0 Å². The molecule has 1 saturated carbocycles. The number of carbonyl (C=O) groups excluding carboxylic acids is 2. The fraction of sp³-hybridized carbons (Fsp3) is 0.333. The number of hydrogen-bond donors (Lipinski definition) is 0. The summed E-state index contributed by atoms with van der Waals surface area (Å²) in [5, 5.41) is 2.08. The molecule has 0 saturated heterocycles. The van der Waals surface area contributed by atoms with Crippen molar-refractivity contribution in [1.82, 2.24) is 9.80 Å². The first-order valence-corrected chi connectivity index (χ1v) is 12.5. The summed E-state index contributed by atoms with van der Waals surface area (Å²) in [5.74, 6) is 1.25. The average Bonchev–Trinajstić information content (AvgIpc) is 3.61. The number of amides is 2. The summed E-state index contributed by atoms with van der Waals surface area (Å²) < 4.78 is 11.4. The maximum absolute atomic E-state index is 13.6. The molecule has 34 heavy (non-hydrogen) atoms. The Kier molecular flexibility index (Phi) is 6.54. The Hall–Kier alpha value is -3.32. The molecule has 0 bridgehead atoms. The Morgan fingerprint density at radius 2 is 1.85 bits per heavy atom. The van der Waals surface area contributed by atoms with E-state index in [-0.39, 0.29) is 30.4 Å². The van der Waals surface area contributed by atoms with Crippen molar-refractivity contribution in [3.8, 4) is 11.5 Å². The van der Waals surface area contributed by atoms with Crippen LogP contribution in [0.1, 0.15) is 39.7 Å². The Labute approximate surface area is 203 Å². The number of methoxy groups -OCH3 is 1. The van der Waals surface area contributed by atoms with Crippen LogP contribution in [0.5, 0.6) is 11.5 Å². The zero-order chi connectivity index (χ0) is 23.5. The number of thiophene rings is 1. The number of carbonyl (C=O) groups is 2. The van der Waals surface area contributed by atoms with Crippen LogP contribution >= 0.6 is 11.3 Å². The van der Waals surface area contributed by atoms with Crippen LogP contribution in [0.15, 0.2) is 66.0 Å². The summed E-state index contributed by atoms with van der Waals surface area (Å²) in [5.41, 5.74) is 1.69. The molecule has 2 amide bonds. The minimum absolute atomic E-state index is 0.0401. The topological polar surface area (TPSA) is 59.1 Å². The molecule has 3 aromatic rings. The molecule has 0 unspecified atom stereocenters. The number of benzene rings is 2. The van der Waals surface area contributed by atoms with Gasteiger partial charge in [-0.05, 0) is 66.6 Å². The van der Waals surface area contributed by atoms with Crippen LogP contribution in [-0.2, 0) is 11.2 Å². The quantitative estimate of drug-likeness (QED) is 0.478. The van der Waals surface area contributed by atoms with E-state index in [2.05, 4.69) is 11.4 Å². The zero-order valence-corrected chi connectivity index (χ0v) is 20.0. The van der Waals surface area contributed by atoms with Crippen LogP contribution in [0.3, 0.4) is 0 Å². The molecule has 7 heteroatoms. The molecule has 1 aliphatic heterocycles. The van der Waals surface area contributed by atoms with E-state index in [0.717, 1.165) is 30.6 Å². The summed E-state index contributed by atoms with van der Waals surface area (Å²) in [4.78, 5) is 31.9. The molecule has 1 aromatic heterocycles. The lowest BCUT2D eigenvalue weighted by Gasteiger charge is -2.37. The summed E-state index contributed by atoms with van der Waals surface area (Å²) in [7, 11) is 1.58. The lowest BCUT2D eigenvalue weighted by Crippen LogP contribution is -2.48. The average molecular weight is 477 g/mol. The minimum Gasteiger partial charge on any atom is -0.497 e. The van der Waals surface area contributed by atoms with Crippen LogP contribution in [0.2, 0.25) is 0 Å². The highest BCUT2D eigenvalue weighted by Gasteiger charge is 2.38. The monoisotopic (exact) mass is 476 g/mol. The molecule has 6 nitrogen and oxygen atoms in total. The van der Waals surface area contributed by atoms with Crippen LogP contribution < -0.4 is 9.47 Å². The van der Waals surface area contributed by atoms with Gasteiger partial charge in [0.2, 0.25) is 5.91 Å². The number of para-hydroxylation sites is 1. The standard InChI is InChI=1S/C27H28N2O4S/c1-32-22-9-5-6-19(16-22)27(31)29(20-10-11-20)17-26(30)28-14-12-25-23(13-15-34-25)24(28)18-33-21-7-3-2-4-8-21/h2-9,13,15-16,20,24H,10-12,14,17-18H2,1H3/t24-/m1/s1. The van der Waals surface area contributed by atoms with Gasteiger partial charge in [0.15, 0.2) is 0 Å². The van der Waals surface area contributed by atoms with E-state index < -0.39 is 0 Å². The van der Waals surface area contributed by atoms with Gasteiger partial charge in [0, 0.05) is 23.0 Å². The SMILES string of the molecule is COc1cccc(C(=O)N(CC(=O)N2CCc3sccc3[C@H]2COc2ccccc2)C2CC2)c1. The molecule has 1 fully saturated rings. The molecule has 176 valence electrons. The molecular weight excluding hydrogens is 448 g/mol. The summed E-state index contributed by atoms with van der Waals surface area (Å²) in [6.07, 6.45) is 2.68. The van der Waals surface area contributed by atoms with Gasteiger partial charge in [0.25, 0.3) is 5.91 Å². The van der Waals surface area contributed by atoms with Gasteiger partial charge in [-0.25, -0.2) is 0 Å². The van der Waals surface area contributed by atoms with Crippen molar-refractivity contribution in [3.05, 3.63) is 82.0 Å². The van der Waals surface area contributed by atoms with E-state index in [4.69, 9.17) is 9.47 Å². The fourth-order valence-electron chi connectivity index (χ4n) is 4.48. The van der Waals surface area contributed by atoms with Crippen molar-refractivity contribution in [1.29, 1.82) is 0 Å². The minimum atomic E-state index is -0.171. The number of hydrogen-bond acceptors (Lipinski definition) is 5. The first-order chi connectivity index (χ1) is 16.6. The van der Waals surface area contributed by atoms with E-state index in [1.165, 1.54) is 4.88 Å². The third kappa shape index (κ3) is 4.80. The first kappa shape index (κ1) is 22.5. The number of rotatable bonds is 8. The van der Waals surface area contributed by atoms with Crippen molar-refractivity contribution in [2.24, 2.45) is 0 Å². The molecular formula is C27H28N2O4S. The summed E-state index contributed by atoms with van der Waals surface area (Å²) >= 11 is 1.73. The molecule has 5 rings (SSSR count). The smallest absolute Gasteiger partial charge is 0.254 e. The van der Waals surface area contributed by atoms with Crippen molar-refractivity contribution < 1.29 is 19.1 Å². The van der Waals surface area contributed by atoms with Gasteiger partial charge in [-0.3, -0.25) is 9.59 Å². The molecule has 0 N–H and O–H groups in total. The van der Waals surface area contributed by atoms with E-state index in [1.807, 2.05) is 41.3 Å². The van der Waals surface area contributed by atoms with E-state index in [9.17, 15) is 9.59 Å². The van der Waals surface area contributed by atoms with Crippen molar-refractivity contribution in [3.63, 3.8) is 0 Å². The number of nitrogens with zero attached hydrogens (tertiary/aromatic N) is 2. The molecule has 2 aromatic carbocycles. The van der Waals surface area contributed by atoms with Crippen LogP contribution in [0.25, 0.3) is 0 Å². The van der Waals surface area contributed by atoms with Gasteiger partial charge in [-0.15, -0.1) is 11.3 Å². The Morgan fingerprint density at radius 1 is 1.06 bits per heavy atom. The zero-order valence-electron chi connectivity index (χ0n) is 19.2. The summed E-state index contributed by atoms with van der Waals surface area (Å²) in [6, 6.07) is 18.8. The molecule has 0 spiro atoms. The largest absolute Gasteiger partial charge is 0.497 e. The lowest BCUT2D eigenvalue weighted by atomic mass is 10.0. The highest BCUT2D eigenvalue weighted by molar-refractivity contribution is 7.10. The maximum atomic E-state index is 13.6. The second-order valence-corrected chi connectivity index (χ2v) is 9.67. The lowest BCUT2D eigenvalue weighted by molar-refractivity contribution is -0.135. The van der Waals surface area contributed by atoms with Gasteiger partial charge in [0.05, 0.1) is 13.2 Å². The molecule has 2 aliphatic rings. The number of fused-ring (bicyclic) bond motifs is 1. The Bertz CT molecular complexity index is 1160. The van der Waals surface area contributed by atoms with Gasteiger partial charge in [-0.1, -0.05) is 24.3 Å². The van der Waals surface area contributed by atoms with Gasteiger partial charge >= 0.3 is 0 Å². The van der Waals surface area contributed by atoms with Crippen molar-refractivity contribution in [2.45, 2.75) is 31.3 Å². The molecule has 1 aliphatic carbocycles. The molecule has 0 radical (unpaired) electrons. The van der Waals surface area contributed by atoms with Crippen LogP contribution in [0.4, 0.5) is 0 Å². The predicted molar refractivity (Wildman–Crippen MR) is 131 cm³/mol. The van der Waals surface area contributed by atoms with Gasteiger partial charge in [0.1, 0.15) is 24.7 Å². The normalized spacial score (nSPS) is 17.1. The highest BCUT2D eigenvalue weighted by Crippen LogP contribution is 2.35. The van der Waals surface area contributed by atoms with E-state index in [1.54, 1.807) is 41.5 Å². The second-order valence-electron chi connectivity index (χ2n) is 8.67. The van der Waals surface area contributed by atoms with Crippen molar-refractivity contribution >= 4 is 23.2 Å². The van der Waals surface area contributed by atoms with Crippen LogP contribution in [-0.4, -0.2) is 54.5 Å². The van der Waals surface area contributed by atoms with Crippen molar-refractivity contribution in [2.75, 3.05) is 26.8 Å². The third-order valence-electron chi connectivity index (χ3n) is 6.44. The predicted octanol–water partition coefficient (Wildman–Crippen LogP) is 4.57. The maximum Gasteiger partial charge on any atom is 0.254 e. The Morgan fingerprint density at radius 3 is 2.62 bits per heavy atom. The third-order valence-corrected chi connectivity index (χ3v) is 7.43. The first-order valence-electron chi connectivity index (χ1n) is 11.6. The molecule has 2 heterocycles. The van der Waals surface area contributed by atoms with Gasteiger partial charge < -0.3 is 19.3 Å². The second kappa shape index (κ2) is 9.89. The fourth-order valence-corrected chi connectivity index (χ4v) is 5.41. The van der Waals surface area contributed by atoms with Crippen LogP contribution in [0, 0.1) is 0 Å². The van der Waals surface area contributed by atoms with E-state index >= 15 is 0 Å². The van der Waals surface area contributed by atoms with E-state index in [0.29, 0.717) is 24.5 Å².